The number of aromatic nitrogens is 1. The number of ether oxygens (including phenoxy) is 1. The zero-order valence-corrected chi connectivity index (χ0v) is 14.4. The maximum Gasteiger partial charge on any atom is 0.331 e. The predicted molar refractivity (Wildman–Crippen MR) is 94.6 cm³/mol. The smallest absolute Gasteiger partial charge is 0.331 e. The minimum atomic E-state index is -1.05. The van der Waals surface area contributed by atoms with Gasteiger partial charge < -0.3 is 15.4 Å². The van der Waals surface area contributed by atoms with Crippen molar-refractivity contribution >= 4 is 29.3 Å². The van der Waals surface area contributed by atoms with Crippen LogP contribution >= 0.6 is 11.6 Å². The number of halogens is 1. The Balaban J connectivity index is 1.70. The van der Waals surface area contributed by atoms with E-state index in [2.05, 4.69) is 15.6 Å². The Hall–Kier alpha value is -2.60. The molecule has 1 aromatic carbocycles. The molecule has 0 unspecified atom stereocenters. The first-order valence-electron chi connectivity index (χ1n) is 7.86. The van der Waals surface area contributed by atoms with E-state index >= 15 is 0 Å². The Morgan fingerprint density at radius 2 is 2.00 bits per heavy atom. The van der Waals surface area contributed by atoms with Crippen molar-refractivity contribution in [2.45, 2.75) is 24.3 Å². The Morgan fingerprint density at radius 1 is 1.24 bits per heavy atom. The summed E-state index contributed by atoms with van der Waals surface area (Å²) in [6.45, 7) is 0. The molecule has 7 heteroatoms. The van der Waals surface area contributed by atoms with Crippen molar-refractivity contribution < 1.29 is 14.3 Å². The molecule has 130 valence electrons. The van der Waals surface area contributed by atoms with Crippen molar-refractivity contribution in [2.24, 2.45) is 0 Å². The molecule has 3 rings (SSSR count). The number of hydrogen-bond acceptors (Lipinski definition) is 4. The van der Waals surface area contributed by atoms with Crippen LogP contribution in [0.15, 0.2) is 48.8 Å². The lowest BCUT2D eigenvalue weighted by Crippen LogP contribution is -2.63. The molecule has 0 saturated heterocycles. The van der Waals surface area contributed by atoms with E-state index in [1.807, 2.05) is 24.3 Å². The van der Waals surface area contributed by atoms with Gasteiger partial charge >= 0.3 is 12.0 Å². The Bertz CT molecular complexity index is 776. The maximum atomic E-state index is 12.3. The van der Waals surface area contributed by atoms with Crippen LogP contribution in [0.25, 0.3) is 0 Å². The molecule has 0 atom stereocenters. The zero-order valence-electron chi connectivity index (χ0n) is 13.7. The Labute approximate surface area is 150 Å². The van der Waals surface area contributed by atoms with E-state index in [1.165, 1.54) is 13.3 Å². The Morgan fingerprint density at radius 3 is 2.64 bits per heavy atom. The molecule has 25 heavy (non-hydrogen) atoms. The molecule has 2 aromatic rings. The lowest BCUT2D eigenvalue weighted by Gasteiger charge is -2.45. The number of nitrogens with zero attached hydrogens (tertiary/aromatic N) is 1. The molecule has 2 amide bonds. The molecule has 2 N–H and O–H groups in total. The first kappa shape index (κ1) is 17.2. The van der Waals surface area contributed by atoms with Crippen LogP contribution < -0.4 is 10.6 Å². The third kappa shape index (κ3) is 3.58. The van der Waals surface area contributed by atoms with E-state index in [4.69, 9.17) is 16.3 Å². The quantitative estimate of drug-likeness (QED) is 0.820. The number of amides is 2. The number of carbonyl (C=O) groups is 2. The first-order chi connectivity index (χ1) is 12.0. The van der Waals surface area contributed by atoms with Gasteiger partial charge in [-0.3, -0.25) is 4.98 Å². The van der Waals surface area contributed by atoms with Crippen LogP contribution in [0.1, 0.15) is 24.3 Å². The second-order valence-electron chi connectivity index (χ2n) is 6.02. The molecule has 0 aliphatic heterocycles. The van der Waals surface area contributed by atoms with Gasteiger partial charge in [0.2, 0.25) is 0 Å². The largest absolute Gasteiger partial charge is 0.467 e. The molecule has 1 aliphatic rings. The zero-order chi connectivity index (χ0) is 17.9. The summed E-state index contributed by atoms with van der Waals surface area (Å²) in [6.07, 6.45) is 4.00. The van der Waals surface area contributed by atoms with Crippen molar-refractivity contribution in [3.05, 3.63) is 59.4 Å². The molecular weight excluding hydrogens is 342 g/mol. The summed E-state index contributed by atoms with van der Waals surface area (Å²) in [4.78, 5) is 28.5. The SMILES string of the molecule is COC(=O)C1(NC(=O)Nc2cccnc2)CC(c2ccccc2Cl)C1. The number of urea groups is 1. The minimum Gasteiger partial charge on any atom is -0.467 e. The van der Waals surface area contributed by atoms with Crippen LogP contribution in [0, 0.1) is 0 Å². The van der Waals surface area contributed by atoms with Gasteiger partial charge in [-0.05, 0) is 42.5 Å². The molecule has 1 fully saturated rings. The van der Waals surface area contributed by atoms with E-state index < -0.39 is 17.5 Å². The highest BCUT2D eigenvalue weighted by Crippen LogP contribution is 2.47. The Kier molecular flexibility index (Phi) is 4.90. The number of anilines is 1. The second kappa shape index (κ2) is 7.11. The van der Waals surface area contributed by atoms with Gasteiger partial charge in [0.1, 0.15) is 5.54 Å². The number of nitrogens with one attached hydrogen (secondary N) is 2. The van der Waals surface area contributed by atoms with Crippen LogP contribution in [0.5, 0.6) is 0 Å². The fraction of sp³-hybridized carbons (Fsp3) is 0.278. The predicted octanol–water partition coefficient (Wildman–Crippen LogP) is 3.35. The summed E-state index contributed by atoms with van der Waals surface area (Å²) in [6, 6.07) is 10.5. The lowest BCUT2D eigenvalue weighted by atomic mass is 9.65. The van der Waals surface area contributed by atoms with Crippen molar-refractivity contribution in [2.75, 3.05) is 12.4 Å². The normalized spacial score (nSPS) is 21.8. The van der Waals surface area contributed by atoms with Crippen LogP contribution in [0.2, 0.25) is 5.02 Å². The molecule has 0 bridgehead atoms. The van der Waals surface area contributed by atoms with Crippen molar-refractivity contribution in [3.8, 4) is 0 Å². The molecule has 1 aromatic heterocycles. The number of hydrogen-bond donors (Lipinski definition) is 2. The summed E-state index contributed by atoms with van der Waals surface area (Å²) >= 11 is 6.23. The summed E-state index contributed by atoms with van der Waals surface area (Å²) in [7, 11) is 1.31. The van der Waals surface area contributed by atoms with E-state index in [0.717, 1.165) is 5.56 Å². The van der Waals surface area contributed by atoms with Gasteiger partial charge in [-0.2, -0.15) is 0 Å². The highest BCUT2D eigenvalue weighted by atomic mass is 35.5. The third-order valence-corrected chi connectivity index (χ3v) is 4.73. The first-order valence-corrected chi connectivity index (χ1v) is 8.24. The monoisotopic (exact) mass is 359 g/mol. The van der Waals surface area contributed by atoms with Crippen LogP contribution in [0.4, 0.5) is 10.5 Å². The summed E-state index contributed by atoms with van der Waals surface area (Å²) in [5.41, 5.74) is 0.463. The summed E-state index contributed by atoms with van der Waals surface area (Å²) in [5.74, 6) is -0.372. The van der Waals surface area contributed by atoms with Gasteiger partial charge in [0.25, 0.3) is 0 Å². The molecule has 1 heterocycles. The molecular formula is C18H18ClN3O3. The molecule has 0 spiro atoms. The molecule has 0 radical (unpaired) electrons. The van der Waals surface area contributed by atoms with E-state index in [1.54, 1.807) is 18.3 Å². The number of rotatable bonds is 4. The fourth-order valence-corrected chi connectivity index (χ4v) is 3.43. The van der Waals surface area contributed by atoms with Gasteiger partial charge in [0.05, 0.1) is 19.0 Å². The highest BCUT2D eigenvalue weighted by molar-refractivity contribution is 6.31. The van der Waals surface area contributed by atoms with Gasteiger partial charge in [0.15, 0.2) is 0 Å². The van der Waals surface area contributed by atoms with Crippen LogP contribution in [-0.4, -0.2) is 29.6 Å². The van der Waals surface area contributed by atoms with Gasteiger partial charge in [0, 0.05) is 11.2 Å². The second-order valence-corrected chi connectivity index (χ2v) is 6.43. The third-order valence-electron chi connectivity index (χ3n) is 4.38. The van der Waals surface area contributed by atoms with Crippen molar-refractivity contribution in [3.63, 3.8) is 0 Å². The van der Waals surface area contributed by atoms with E-state index in [-0.39, 0.29) is 5.92 Å². The minimum absolute atomic E-state index is 0.0893. The summed E-state index contributed by atoms with van der Waals surface area (Å²) < 4.78 is 4.90. The number of benzene rings is 1. The molecule has 6 nitrogen and oxygen atoms in total. The average Bonchev–Trinajstić information content (AvgIpc) is 2.58. The van der Waals surface area contributed by atoms with Crippen molar-refractivity contribution in [1.82, 2.24) is 10.3 Å². The van der Waals surface area contributed by atoms with Crippen molar-refractivity contribution in [1.29, 1.82) is 0 Å². The number of methoxy groups -OCH3 is 1. The van der Waals surface area contributed by atoms with E-state index in [9.17, 15) is 9.59 Å². The number of esters is 1. The highest BCUT2D eigenvalue weighted by Gasteiger charge is 2.53. The number of pyridine rings is 1. The van der Waals surface area contributed by atoms with Crippen LogP contribution in [0.3, 0.4) is 0 Å². The lowest BCUT2D eigenvalue weighted by molar-refractivity contribution is -0.152. The standard InChI is InChI=1S/C18H18ClN3O3/c1-25-16(23)18(22-17(24)21-13-5-4-8-20-11-13)9-12(10-18)14-6-2-3-7-15(14)19/h2-8,11-12H,9-10H2,1H3,(H2,21,22,24). The summed E-state index contributed by atoms with van der Waals surface area (Å²) in [5, 5.41) is 6.08. The van der Waals surface area contributed by atoms with Gasteiger partial charge in [-0.15, -0.1) is 0 Å². The number of carbonyl (C=O) groups excluding carboxylic acids is 2. The average molecular weight is 360 g/mol. The molecule has 1 saturated carbocycles. The maximum absolute atomic E-state index is 12.3. The fourth-order valence-electron chi connectivity index (χ4n) is 3.14. The van der Waals surface area contributed by atoms with Gasteiger partial charge in [-0.25, -0.2) is 9.59 Å². The van der Waals surface area contributed by atoms with E-state index in [0.29, 0.717) is 23.6 Å². The topological polar surface area (TPSA) is 80.3 Å². The van der Waals surface area contributed by atoms with Crippen LogP contribution in [-0.2, 0) is 9.53 Å². The van der Waals surface area contributed by atoms with Gasteiger partial charge in [-0.1, -0.05) is 29.8 Å². The molecule has 1 aliphatic carbocycles.